The Kier molecular flexibility index (Phi) is 6.13. The van der Waals surface area contributed by atoms with Crippen LogP contribution in [0.3, 0.4) is 0 Å². The Morgan fingerprint density at radius 1 is 0.875 bits per heavy atom. The number of rotatable bonds is 8. The summed E-state index contributed by atoms with van der Waals surface area (Å²) in [6, 6.07) is 18.1. The maximum Gasteiger partial charge on any atom is 0.306 e. The molecule has 0 bridgehead atoms. The van der Waals surface area contributed by atoms with E-state index in [1.54, 1.807) is 6.92 Å². The molecule has 2 N–H and O–H groups in total. The van der Waals surface area contributed by atoms with Gasteiger partial charge in [-0.25, -0.2) is 0 Å². The van der Waals surface area contributed by atoms with Crippen LogP contribution in [0.4, 0.5) is 0 Å². The number of aryl methyl sites for hydroxylation is 1. The number of carbonyl (C=O) groups is 2. The minimum atomic E-state index is -0.950. The van der Waals surface area contributed by atoms with E-state index >= 15 is 0 Å². The highest BCUT2D eigenvalue weighted by Gasteiger charge is 2.23. The zero-order valence-electron chi connectivity index (χ0n) is 13.7. The summed E-state index contributed by atoms with van der Waals surface area (Å²) in [4.78, 5) is 22.2. The average molecular weight is 326 g/mol. The fraction of sp³-hybridized carbons (Fsp3) is 0.300. The fourth-order valence-corrected chi connectivity index (χ4v) is 2.71. The second-order valence-corrected chi connectivity index (χ2v) is 6.11. The smallest absolute Gasteiger partial charge is 0.306 e. The zero-order valence-corrected chi connectivity index (χ0v) is 13.7. The minimum Gasteiger partial charge on any atom is -0.481 e. The third-order valence-corrected chi connectivity index (χ3v) is 4.25. The lowest BCUT2D eigenvalue weighted by Gasteiger charge is -2.15. The van der Waals surface area contributed by atoms with Gasteiger partial charge in [0.2, 0.25) is 0 Å². The molecule has 0 aromatic heterocycles. The minimum absolute atomic E-state index is 0.159. The summed E-state index contributed by atoms with van der Waals surface area (Å²) in [5.41, 5.74) is 3.32. The van der Waals surface area contributed by atoms with Crippen molar-refractivity contribution in [3.05, 3.63) is 60.2 Å². The van der Waals surface area contributed by atoms with Crippen molar-refractivity contribution >= 4 is 11.9 Å². The second kappa shape index (κ2) is 8.29. The van der Waals surface area contributed by atoms with Gasteiger partial charge in [-0.3, -0.25) is 9.59 Å². The van der Waals surface area contributed by atoms with Gasteiger partial charge >= 0.3 is 11.9 Å². The van der Waals surface area contributed by atoms with Crippen molar-refractivity contribution in [1.29, 1.82) is 0 Å². The molecule has 2 aromatic rings. The number of aliphatic carboxylic acids is 2. The van der Waals surface area contributed by atoms with E-state index in [1.807, 2.05) is 54.6 Å². The van der Waals surface area contributed by atoms with Gasteiger partial charge in [0.25, 0.3) is 0 Å². The highest BCUT2D eigenvalue weighted by molar-refractivity contribution is 5.73. The van der Waals surface area contributed by atoms with E-state index in [1.165, 1.54) is 0 Å². The van der Waals surface area contributed by atoms with Gasteiger partial charge in [-0.15, -0.1) is 0 Å². The molecule has 2 rings (SSSR count). The van der Waals surface area contributed by atoms with Crippen LogP contribution < -0.4 is 0 Å². The Morgan fingerprint density at radius 2 is 1.46 bits per heavy atom. The van der Waals surface area contributed by atoms with Crippen molar-refractivity contribution in [2.24, 2.45) is 11.8 Å². The quantitative estimate of drug-likeness (QED) is 0.766. The second-order valence-electron chi connectivity index (χ2n) is 6.11. The first-order chi connectivity index (χ1) is 11.5. The molecule has 0 amide bonds. The lowest BCUT2D eigenvalue weighted by atomic mass is 9.90. The molecular formula is C20H22O4. The lowest BCUT2D eigenvalue weighted by Crippen LogP contribution is -2.21. The van der Waals surface area contributed by atoms with Gasteiger partial charge < -0.3 is 10.2 Å². The van der Waals surface area contributed by atoms with Gasteiger partial charge in [-0.2, -0.15) is 0 Å². The van der Waals surface area contributed by atoms with Gasteiger partial charge in [0.1, 0.15) is 0 Å². The first kappa shape index (κ1) is 17.7. The SMILES string of the molecule is CC(C[C@@H](CCc1ccc(-c2ccccc2)cc1)C(=O)O)C(=O)O. The molecule has 1 unspecified atom stereocenters. The first-order valence-corrected chi connectivity index (χ1v) is 8.07. The molecule has 0 fully saturated rings. The monoisotopic (exact) mass is 326 g/mol. The number of carboxylic acids is 2. The van der Waals surface area contributed by atoms with Crippen LogP contribution in [0.15, 0.2) is 54.6 Å². The van der Waals surface area contributed by atoms with E-state index in [4.69, 9.17) is 5.11 Å². The molecule has 2 aromatic carbocycles. The van der Waals surface area contributed by atoms with Crippen LogP contribution in [0, 0.1) is 11.8 Å². The maximum absolute atomic E-state index is 11.3. The molecule has 0 radical (unpaired) electrons. The van der Waals surface area contributed by atoms with Crippen molar-refractivity contribution in [1.82, 2.24) is 0 Å². The van der Waals surface area contributed by atoms with E-state index in [-0.39, 0.29) is 6.42 Å². The molecule has 0 spiro atoms. The third kappa shape index (κ3) is 4.95. The van der Waals surface area contributed by atoms with Gasteiger partial charge in [-0.05, 0) is 36.0 Å². The number of carboxylic acid groups (broad SMARTS) is 2. The van der Waals surface area contributed by atoms with Gasteiger partial charge in [0, 0.05) is 0 Å². The summed E-state index contributed by atoms with van der Waals surface area (Å²) in [6.07, 6.45) is 1.22. The largest absolute Gasteiger partial charge is 0.481 e. The molecule has 0 aliphatic rings. The number of hydrogen-bond donors (Lipinski definition) is 2. The molecular weight excluding hydrogens is 304 g/mol. The van der Waals surface area contributed by atoms with E-state index in [2.05, 4.69) is 0 Å². The Balaban J connectivity index is 1.97. The molecule has 0 aliphatic carbocycles. The van der Waals surface area contributed by atoms with E-state index < -0.39 is 23.8 Å². The molecule has 0 aliphatic heterocycles. The zero-order chi connectivity index (χ0) is 17.5. The lowest BCUT2D eigenvalue weighted by molar-refractivity contribution is -0.145. The Bertz CT molecular complexity index is 677. The molecule has 4 heteroatoms. The molecule has 2 atom stereocenters. The third-order valence-electron chi connectivity index (χ3n) is 4.25. The highest BCUT2D eigenvalue weighted by Crippen LogP contribution is 2.22. The summed E-state index contributed by atoms with van der Waals surface area (Å²) in [5.74, 6) is -3.16. The Hall–Kier alpha value is -2.62. The van der Waals surface area contributed by atoms with Crippen LogP contribution in [0.2, 0.25) is 0 Å². The summed E-state index contributed by atoms with van der Waals surface area (Å²) in [6.45, 7) is 1.55. The van der Waals surface area contributed by atoms with Crippen LogP contribution >= 0.6 is 0 Å². The Labute approximate surface area is 141 Å². The summed E-state index contributed by atoms with van der Waals surface area (Å²) in [7, 11) is 0. The number of hydrogen-bond acceptors (Lipinski definition) is 2. The molecule has 24 heavy (non-hydrogen) atoms. The fourth-order valence-electron chi connectivity index (χ4n) is 2.71. The van der Waals surface area contributed by atoms with Gasteiger partial charge in [0.05, 0.1) is 11.8 Å². The predicted molar refractivity (Wildman–Crippen MR) is 92.7 cm³/mol. The molecule has 0 saturated carbocycles. The van der Waals surface area contributed by atoms with Crippen LogP contribution in [0.25, 0.3) is 11.1 Å². The van der Waals surface area contributed by atoms with Crippen molar-refractivity contribution in [2.75, 3.05) is 0 Å². The molecule has 0 heterocycles. The maximum atomic E-state index is 11.3. The summed E-state index contributed by atoms with van der Waals surface area (Å²) in [5, 5.41) is 18.2. The predicted octanol–water partition coefficient (Wildman–Crippen LogP) is 4.10. The van der Waals surface area contributed by atoms with E-state index in [0.29, 0.717) is 12.8 Å². The summed E-state index contributed by atoms with van der Waals surface area (Å²) < 4.78 is 0. The van der Waals surface area contributed by atoms with Gasteiger partial charge in [-0.1, -0.05) is 61.5 Å². The van der Waals surface area contributed by atoms with Crippen LogP contribution in [0.5, 0.6) is 0 Å². The van der Waals surface area contributed by atoms with Crippen LogP contribution in [-0.4, -0.2) is 22.2 Å². The van der Waals surface area contributed by atoms with Crippen molar-refractivity contribution in [3.63, 3.8) is 0 Å². The summed E-state index contributed by atoms with van der Waals surface area (Å²) >= 11 is 0. The van der Waals surface area contributed by atoms with E-state index in [9.17, 15) is 14.7 Å². The van der Waals surface area contributed by atoms with Crippen LogP contribution in [-0.2, 0) is 16.0 Å². The highest BCUT2D eigenvalue weighted by atomic mass is 16.4. The van der Waals surface area contributed by atoms with E-state index in [0.717, 1.165) is 16.7 Å². The first-order valence-electron chi connectivity index (χ1n) is 8.07. The standard InChI is InChI=1S/C20H22O4/c1-14(19(21)22)13-18(20(23)24)12-9-15-7-10-17(11-8-15)16-5-3-2-4-6-16/h2-8,10-11,14,18H,9,12-13H2,1H3,(H,21,22)(H,23,24)/t14?,18-/m1/s1. The molecule has 126 valence electrons. The van der Waals surface area contributed by atoms with Crippen molar-refractivity contribution in [3.8, 4) is 11.1 Å². The topological polar surface area (TPSA) is 74.6 Å². The molecule has 0 saturated heterocycles. The van der Waals surface area contributed by atoms with Crippen molar-refractivity contribution < 1.29 is 19.8 Å². The normalized spacial score (nSPS) is 13.2. The average Bonchev–Trinajstić information content (AvgIpc) is 2.59. The Morgan fingerprint density at radius 3 is 2.00 bits per heavy atom. The van der Waals surface area contributed by atoms with Crippen LogP contribution in [0.1, 0.15) is 25.3 Å². The molecule has 4 nitrogen and oxygen atoms in total. The van der Waals surface area contributed by atoms with Crippen molar-refractivity contribution in [2.45, 2.75) is 26.2 Å². The van der Waals surface area contributed by atoms with Gasteiger partial charge in [0.15, 0.2) is 0 Å². The number of benzene rings is 2.